The van der Waals surface area contributed by atoms with E-state index in [1.165, 1.54) is 50.8 Å². The van der Waals surface area contributed by atoms with Crippen LogP contribution >= 0.6 is 11.6 Å². The summed E-state index contributed by atoms with van der Waals surface area (Å²) in [6.45, 7) is 7.65. The van der Waals surface area contributed by atoms with Crippen molar-refractivity contribution in [3.63, 3.8) is 0 Å². The van der Waals surface area contributed by atoms with Gasteiger partial charge in [0.15, 0.2) is 0 Å². The van der Waals surface area contributed by atoms with Crippen molar-refractivity contribution in [2.45, 2.75) is 44.7 Å². The van der Waals surface area contributed by atoms with E-state index in [2.05, 4.69) is 21.9 Å². The van der Waals surface area contributed by atoms with E-state index in [1.807, 2.05) is 12.1 Å². The third-order valence-corrected chi connectivity index (χ3v) is 7.56. The summed E-state index contributed by atoms with van der Waals surface area (Å²) in [7, 11) is 0. The monoisotopic (exact) mass is 392 g/mol. The number of hydrogen-bond donors (Lipinski definition) is 1. The fraction of sp³-hybridized carbons (Fsp3) is 0.727. The quantitative estimate of drug-likeness (QED) is 0.851. The van der Waals surface area contributed by atoms with Crippen molar-refractivity contribution >= 4 is 11.6 Å². The molecule has 4 nitrogen and oxygen atoms in total. The molecule has 1 atom stereocenters. The Morgan fingerprint density at radius 1 is 1.04 bits per heavy atom. The lowest BCUT2D eigenvalue weighted by atomic mass is 9.64. The van der Waals surface area contributed by atoms with E-state index >= 15 is 0 Å². The maximum absolute atomic E-state index is 10.2. The normalized spacial score (nSPS) is 27.9. The maximum atomic E-state index is 10.2. The molecule has 0 radical (unpaired) electrons. The minimum Gasteiger partial charge on any atom is -0.396 e. The van der Waals surface area contributed by atoms with Crippen molar-refractivity contribution in [3.05, 3.63) is 34.9 Å². The van der Waals surface area contributed by atoms with Crippen molar-refractivity contribution < 1.29 is 9.84 Å². The second-order valence-corrected chi connectivity index (χ2v) is 9.17. The first-order valence-corrected chi connectivity index (χ1v) is 11.0. The van der Waals surface area contributed by atoms with Gasteiger partial charge in [0.25, 0.3) is 0 Å². The second-order valence-electron chi connectivity index (χ2n) is 8.73. The topological polar surface area (TPSA) is 35.9 Å². The van der Waals surface area contributed by atoms with Gasteiger partial charge in [-0.15, -0.1) is 0 Å². The Morgan fingerprint density at radius 2 is 1.70 bits per heavy atom. The molecule has 0 aliphatic carbocycles. The molecule has 1 aromatic rings. The summed E-state index contributed by atoms with van der Waals surface area (Å²) in [5, 5.41) is 11.0. The molecule has 0 unspecified atom stereocenters. The van der Waals surface area contributed by atoms with E-state index in [-0.39, 0.29) is 0 Å². The van der Waals surface area contributed by atoms with Crippen LogP contribution in [0.5, 0.6) is 0 Å². The molecule has 3 aliphatic rings. The van der Waals surface area contributed by atoms with Crippen LogP contribution in [0, 0.1) is 11.3 Å². The van der Waals surface area contributed by atoms with Crippen molar-refractivity contribution in [2.24, 2.45) is 11.3 Å². The zero-order valence-corrected chi connectivity index (χ0v) is 17.0. The lowest BCUT2D eigenvalue weighted by Gasteiger charge is -2.52. The maximum Gasteiger partial charge on any atom is 0.0480 e. The molecule has 5 heteroatoms. The Kier molecular flexibility index (Phi) is 6.40. The molecule has 4 rings (SSSR count). The van der Waals surface area contributed by atoms with Gasteiger partial charge in [0.05, 0.1) is 0 Å². The molecule has 1 aromatic carbocycles. The van der Waals surface area contributed by atoms with E-state index in [1.54, 1.807) is 0 Å². The van der Waals surface area contributed by atoms with Gasteiger partial charge in [0.1, 0.15) is 0 Å². The SMILES string of the molecule is OC[C@@H]1CN(Cc2ccc(Cl)cc2)CCC12CCN(C1CCOCC1)CC2. The molecule has 27 heavy (non-hydrogen) atoms. The highest BCUT2D eigenvalue weighted by atomic mass is 35.5. The molecular weight excluding hydrogens is 360 g/mol. The van der Waals surface area contributed by atoms with E-state index in [4.69, 9.17) is 16.3 Å². The molecule has 1 spiro atoms. The summed E-state index contributed by atoms with van der Waals surface area (Å²) in [6, 6.07) is 8.89. The van der Waals surface area contributed by atoms with Crippen molar-refractivity contribution in [1.29, 1.82) is 0 Å². The predicted octanol–water partition coefficient (Wildman–Crippen LogP) is 3.42. The molecule has 3 fully saturated rings. The van der Waals surface area contributed by atoms with Crippen molar-refractivity contribution in [3.8, 4) is 0 Å². The molecular formula is C22H33ClN2O2. The van der Waals surface area contributed by atoms with Crippen LogP contribution in [-0.2, 0) is 11.3 Å². The molecule has 0 bridgehead atoms. The zero-order valence-electron chi connectivity index (χ0n) is 16.3. The molecule has 3 heterocycles. The Bertz CT molecular complexity index is 595. The summed E-state index contributed by atoms with van der Waals surface area (Å²) in [5.74, 6) is 0.399. The van der Waals surface area contributed by atoms with Gasteiger partial charge >= 0.3 is 0 Å². The van der Waals surface area contributed by atoms with E-state index in [9.17, 15) is 5.11 Å². The van der Waals surface area contributed by atoms with Gasteiger partial charge < -0.3 is 14.7 Å². The summed E-state index contributed by atoms with van der Waals surface area (Å²) < 4.78 is 5.53. The molecule has 3 saturated heterocycles. The van der Waals surface area contributed by atoms with Gasteiger partial charge in [0.2, 0.25) is 0 Å². The molecule has 3 aliphatic heterocycles. The number of rotatable bonds is 4. The van der Waals surface area contributed by atoms with Gasteiger partial charge in [-0.05, 0) is 74.8 Å². The van der Waals surface area contributed by atoms with Gasteiger partial charge in [-0.2, -0.15) is 0 Å². The Balaban J connectivity index is 1.34. The lowest BCUT2D eigenvalue weighted by Crippen LogP contribution is -2.55. The number of piperidine rings is 2. The third kappa shape index (κ3) is 4.51. The summed E-state index contributed by atoms with van der Waals surface area (Å²) in [5.41, 5.74) is 1.65. The smallest absolute Gasteiger partial charge is 0.0480 e. The first-order valence-electron chi connectivity index (χ1n) is 10.6. The van der Waals surface area contributed by atoms with Crippen LogP contribution in [-0.4, -0.2) is 66.9 Å². The van der Waals surface area contributed by atoms with Crippen LogP contribution in [0.3, 0.4) is 0 Å². The first kappa shape index (κ1) is 19.7. The number of nitrogens with zero attached hydrogens (tertiary/aromatic N) is 2. The fourth-order valence-electron chi connectivity index (χ4n) is 5.47. The molecule has 0 amide bonds. The Labute approximate surface area is 168 Å². The Morgan fingerprint density at radius 3 is 2.37 bits per heavy atom. The van der Waals surface area contributed by atoms with E-state index in [0.717, 1.165) is 37.9 Å². The second kappa shape index (κ2) is 8.79. The molecule has 0 saturated carbocycles. The summed E-state index contributed by atoms with van der Waals surface area (Å²) >= 11 is 6.01. The highest BCUT2D eigenvalue weighted by Gasteiger charge is 2.45. The minimum atomic E-state index is 0.314. The predicted molar refractivity (Wildman–Crippen MR) is 109 cm³/mol. The van der Waals surface area contributed by atoms with Gasteiger partial charge in [-0.25, -0.2) is 0 Å². The zero-order chi connectivity index (χ0) is 18.7. The van der Waals surface area contributed by atoms with Gasteiger partial charge in [-0.1, -0.05) is 23.7 Å². The highest BCUT2D eigenvalue weighted by Crippen LogP contribution is 2.46. The minimum absolute atomic E-state index is 0.314. The molecule has 150 valence electrons. The van der Waals surface area contributed by atoms with E-state index < -0.39 is 0 Å². The fourth-order valence-corrected chi connectivity index (χ4v) is 5.59. The number of ether oxygens (including phenoxy) is 1. The lowest BCUT2D eigenvalue weighted by molar-refractivity contribution is -0.0601. The van der Waals surface area contributed by atoms with Crippen LogP contribution < -0.4 is 0 Å². The highest BCUT2D eigenvalue weighted by molar-refractivity contribution is 6.30. The average Bonchev–Trinajstić information content (AvgIpc) is 2.72. The molecule has 1 N–H and O–H groups in total. The van der Waals surface area contributed by atoms with Gasteiger partial charge in [-0.3, -0.25) is 4.90 Å². The van der Waals surface area contributed by atoms with Crippen LogP contribution in [0.4, 0.5) is 0 Å². The number of aliphatic hydroxyl groups excluding tert-OH is 1. The number of hydrogen-bond acceptors (Lipinski definition) is 4. The average molecular weight is 393 g/mol. The van der Waals surface area contributed by atoms with Crippen molar-refractivity contribution in [1.82, 2.24) is 9.80 Å². The summed E-state index contributed by atoms with van der Waals surface area (Å²) in [6.07, 6.45) is 6.07. The van der Waals surface area contributed by atoms with Gasteiger partial charge in [0, 0.05) is 49.9 Å². The van der Waals surface area contributed by atoms with Crippen molar-refractivity contribution in [2.75, 3.05) is 46.0 Å². The molecule has 0 aromatic heterocycles. The van der Waals surface area contributed by atoms with Crippen LogP contribution in [0.25, 0.3) is 0 Å². The number of likely N-dealkylation sites (tertiary alicyclic amines) is 2. The van der Waals surface area contributed by atoms with Crippen LogP contribution in [0.2, 0.25) is 5.02 Å². The third-order valence-electron chi connectivity index (χ3n) is 7.31. The number of aliphatic hydroxyl groups is 1. The number of benzene rings is 1. The summed E-state index contributed by atoms with van der Waals surface area (Å²) in [4.78, 5) is 5.21. The first-order chi connectivity index (χ1) is 13.2. The standard InChI is InChI=1S/C22H33ClN2O2/c23-20-3-1-18(2-4-20)15-24-10-7-22(19(16-24)17-26)8-11-25(12-9-22)21-5-13-27-14-6-21/h1-4,19,21,26H,5-17H2/t19-/m0/s1. The van der Waals surface area contributed by atoms with E-state index in [0.29, 0.717) is 24.0 Å². The van der Waals surface area contributed by atoms with Crippen LogP contribution in [0.1, 0.15) is 37.7 Å². The largest absolute Gasteiger partial charge is 0.396 e. The number of halogens is 1. The Hall–Kier alpha value is -0.650. The van der Waals surface area contributed by atoms with Crippen LogP contribution in [0.15, 0.2) is 24.3 Å².